The monoisotopic (exact) mass is 368 g/mol. The highest BCUT2D eigenvalue weighted by molar-refractivity contribution is 5.79. The van der Waals surface area contributed by atoms with Crippen molar-refractivity contribution in [3.8, 4) is 0 Å². The molecule has 27 heavy (non-hydrogen) atoms. The molecule has 0 aliphatic carbocycles. The van der Waals surface area contributed by atoms with Gasteiger partial charge in [-0.1, -0.05) is 18.2 Å². The third kappa shape index (κ3) is 4.00. The summed E-state index contributed by atoms with van der Waals surface area (Å²) in [5, 5.41) is 0. The minimum atomic E-state index is -0.325. The largest absolute Gasteiger partial charge is 0.338 e. The zero-order chi connectivity index (χ0) is 18.8. The predicted molar refractivity (Wildman–Crippen MR) is 101 cm³/mol. The fourth-order valence-corrected chi connectivity index (χ4v) is 3.92. The van der Waals surface area contributed by atoms with Gasteiger partial charge in [-0.3, -0.25) is 4.79 Å². The zero-order valence-corrected chi connectivity index (χ0v) is 15.7. The van der Waals surface area contributed by atoms with Crippen LogP contribution in [0.1, 0.15) is 41.4 Å². The molecule has 5 nitrogen and oxygen atoms in total. The van der Waals surface area contributed by atoms with Crippen molar-refractivity contribution in [1.29, 1.82) is 0 Å². The summed E-state index contributed by atoms with van der Waals surface area (Å²) in [5.41, 5.74) is 2.52. The van der Waals surface area contributed by atoms with Gasteiger partial charge in [-0.15, -0.1) is 0 Å². The summed E-state index contributed by atoms with van der Waals surface area (Å²) >= 11 is 0. The molecule has 142 valence electrons. The average Bonchev–Trinajstić information content (AvgIpc) is 2.69. The third-order valence-corrected chi connectivity index (χ3v) is 5.69. The van der Waals surface area contributed by atoms with E-state index in [9.17, 15) is 9.18 Å². The van der Waals surface area contributed by atoms with Gasteiger partial charge in [0.05, 0.1) is 12.1 Å². The first-order chi connectivity index (χ1) is 13.1. The summed E-state index contributed by atoms with van der Waals surface area (Å²) in [5.74, 6) is 1.01. The van der Waals surface area contributed by atoms with Crippen molar-refractivity contribution in [3.63, 3.8) is 0 Å². The smallest absolute Gasteiger partial charge is 0.227 e. The van der Waals surface area contributed by atoms with Crippen molar-refractivity contribution in [1.82, 2.24) is 19.8 Å². The van der Waals surface area contributed by atoms with Crippen LogP contribution in [0.5, 0.6) is 0 Å². The van der Waals surface area contributed by atoms with Crippen LogP contribution in [-0.2, 0) is 24.2 Å². The maximum absolute atomic E-state index is 13.8. The molecule has 1 saturated heterocycles. The minimum absolute atomic E-state index is 0.0508. The van der Waals surface area contributed by atoms with E-state index in [0.717, 1.165) is 49.4 Å². The quantitative estimate of drug-likeness (QED) is 0.836. The third-order valence-electron chi connectivity index (χ3n) is 5.69. The molecule has 0 saturated carbocycles. The van der Waals surface area contributed by atoms with E-state index < -0.39 is 0 Å². The standard InChI is InChI=1S/C21H25FN4O/c1-25-9-6-15(7-10-25)21-23-13-17-14-26(11-8-19(17)24-21)20(27)12-16-4-2-3-5-18(16)22/h2-5,13,15H,6-12,14H2,1H3. The van der Waals surface area contributed by atoms with E-state index in [4.69, 9.17) is 4.98 Å². The topological polar surface area (TPSA) is 49.3 Å². The summed E-state index contributed by atoms with van der Waals surface area (Å²) in [6, 6.07) is 6.46. The van der Waals surface area contributed by atoms with E-state index in [1.165, 1.54) is 6.07 Å². The number of fused-ring (bicyclic) bond motifs is 1. The number of benzene rings is 1. The van der Waals surface area contributed by atoms with Crippen molar-refractivity contribution in [3.05, 3.63) is 58.9 Å². The molecular weight excluding hydrogens is 343 g/mol. The number of amides is 1. The number of piperidine rings is 1. The number of carbonyl (C=O) groups excluding carboxylic acids is 1. The van der Waals surface area contributed by atoms with Gasteiger partial charge in [0.15, 0.2) is 0 Å². The molecule has 6 heteroatoms. The summed E-state index contributed by atoms with van der Waals surface area (Å²) in [6.45, 7) is 3.31. The number of likely N-dealkylation sites (tertiary alicyclic amines) is 1. The lowest BCUT2D eigenvalue weighted by atomic mass is 9.95. The van der Waals surface area contributed by atoms with Crippen molar-refractivity contribution in [2.75, 3.05) is 26.7 Å². The molecule has 1 aromatic carbocycles. The van der Waals surface area contributed by atoms with Crippen LogP contribution in [0.25, 0.3) is 0 Å². The Morgan fingerprint density at radius 1 is 1.22 bits per heavy atom. The van der Waals surface area contributed by atoms with Crippen molar-refractivity contribution < 1.29 is 9.18 Å². The van der Waals surface area contributed by atoms with E-state index in [1.807, 2.05) is 6.20 Å². The van der Waals surface area contributed by atoms with E-state index in [-0.39, 0.29) is 18.1 Å². The molecule has 0 spiro atoms. The second kappa shape index (κ2) is 7.72. The average molecular weight is 368 g/mol. The van der Waals surface area contributed by atoms with E-state index in [2.05, 4.69) is 16.9 Å². The van der Waals surface area contributed by atoms with Crippen LogP contribution in [0, 0.1) is 5.82 Å². The SMILES string of the molecule is CN1CCC(c2ncc3c(n2)CCN(C(=O)Cc2ccccc2F)C3)CC1. The fraction of sp³-hybridized carbons (Fsp3) is 0.476. The highest BCUT2D eigenvalue weighted by Gasteiger charge is 2.26. The Morgan fingerprint density at radius 2 is 2.00 bits per heavy atom. The molecule has 0 N–H and O–H groups in total. The van der Waals surface area contributed by atoms with E-state index in [0.29, 0.717) is 24.6 Å². The van der Waals surface area contributed by atoms with Crippen molar-refractivity contribution in [2.45, 2.75) is 38.1 Å². The fourth-order valence-electron chi connectivity index (χ4n) is 3.92. The Kier molecular flexibility index (Phi) is 5.16. The Bertz CT molecular complexity index is 833. The molecule has 3 heterocycles. The van der Waals surface area contributed by atoms with Gasteiger partial charge in [0, 0.05) is 37.2 Å². The highest BCUT2D eigenvalue weighted by Crippen LogP contribution is 2.26. The van der Waals surface area contributed by atoms with Gasteiger partial charge in [-0.25, -0.2) is 14.4 Å². The molecule has 1 fully saturated rings. The van der Waals surface area contributed by atoms with Crippen LogP contribution in [0.15, 0.2) is 30.5 Å². The second-order valence-corrected chi connectivity index (χ2v) is 7.61. The van der Waals surface area contributed by atoms with Gasteiger partial charge in [0.25, 0.3) is 0 Å². The zero-order valence-electron chi connectivity index (χ0n) is 15.7. The number of halogens is 1. The molecule has 4 rings (SSSR count). The van der Waals surface area contributed by atoms with Gasteiger partial charge in [0.1, 0.15) is 11.6 Å². The Labute approximate surface area is 159 Å². The number of carbonyl (C=O) groups is 1. The van der Waals surface area contributed by atoms with Crippen LogP contribution < -0.4 is 0 Å². The lowest BCUT2D eigenvalue weighted by molar-refractivity contribution is -0.131. The molecule has 2 aromatic rings. The Balaban J connectivity index is 1.43. The van der Waals surface area contributed by atoms with Crippen LogP contribution >= 0.6 is 0 Å². The van der Waals surface area contributed by atoms with Gasteiger partial charge in [0.2, 0.25) is 5.91 Å². The molecule has 2 aliphatic rings. The van der Waals surface area contributed by atoms with Gasteiger partial charge in [-0.05, 0) is 44.6 Å². The van der Waals surface area contributed by atoms with Gasteiger partial charge >= 0.3 is 0 Å². The predicted octanol–water partition coefficient (Wildman–Crippen LogP) is 2.55. The lowest BCUT2D eigenvalue weighted by Gasteiger charge is -2.30. The first-order valence-corrected chi connectivity index (χ1v) is 9.64. The van der Waals surface area contributed by atoms with Gasteiger partial charge in [-0.2, -0.15) is 0 Å². The summed E-state index contributed by atoms with van der Waals surface area (Å²) < 4.78 is 13.8. The number of nitrogens with zero attached hydrogens (tertiary/aromatic N) is 4. The number of aromatic nitrogens is 2. The highest BCUT2D eigenvalue weighted by atomic mass is 19.1. The Morgan fingerprint density at radius 3 is 2.78 bits per heavy atom. The maximum atomic E-state index is 13.8. The maximum Gasteiger partial charge on any atom is 0.227 e. The van der Waals surface area contributed by atoms with Gasteiger partial charge < -0.3 is 9.80 Å². The molecule has 2 aliphatic heterocycles. The summed E-state index contributed by atoms with van der Waals surface area (Å²) in [4.78, 5) is 26.1. The lowest BCUT2D eigenvalue weighted by Crippen LogP contribution is -2.38. The molecular formula is C21H25FN4O. The molecule has 1 aromatic heterocycles. The van der Waals surface area contributed by atoms with E-state index in [1.54, 1.807) is 23.1 Å². The molecule has 0 radical (unpaired) electrons. The normalized spacial score (nSPS) is 18.4. The number of rotatable bonds is 3. The van der Waals surface area contributed by atoms with Crippen LogP contribution in [0.2, 0.25) is 0 Å². The van der Waals surface area contributed by atoms with Crippen LogP contribution in [-0.4, -0.2) is 52.4 Å². The number of hydrogen-bond donors (Lipinski definition) is 0. The molecule has 0 atom stereocenters. The Hall–Kier alpha value is -2.34. The summed E-state index contributed by atoms with van der Waals surface area (Å²) in [7, 11) is 2.15. The van der Waals surface area contributed by atoms with Crippen molar-refractivity contribution >= 4 is 5.91 Å². The molecule has 0 bridgehead atoms. The van der Waals surface area contributed by atoms with Crippen molar-refractivity contribution in [2.24, 2.45) is 0 Å². The van der Waals surface area contributed by atoms with Crippen LogP contribution in [0.3, 0.4) is 0 Å². The molecule has 1 amide bonds. The van der Waals surface area contributed by atoms with Crippen LogP contribution in [0.4, 0.5) is 4.39 Å². The minimum Gasteiger partial charge on any atom is -0.338 e. The van der Waals surface area contributed by atoms with E-state index >= 15 is 0 Å². The second-order valence-electron chi connectivity index (χ2n) is 7.61. The number of hydrogen-bond acceptors (Lipinski definition) is 4. The first kappa shape index (κ1) is 18.0. The first-order valence-electron chi connectivity index (χ1n) is 9.64. The summed E-state index contributed by atoms with van der Waals surface area (Å²) in [6.07, 6.45) is 4.92. The molecule has 0 unspecified atom stereocenters.